The highest BCUT2D eigenvalue weighted by Gasteiger charge is 2.20. The molecule has 1 aromatic heterocycles. The van der Waals surface area contributed by atoms with E-state index >= 15 is 0 Å². The number of benzene rings is 2. The molecule has 0 spiro atoms. The second kappa shape index (κ2) is 9.38. The van der Waals surface area contributed by atoms with Crippen molar-refractivity contribution in [3.63, 3.8) is 0 Å². The molecule has 0 atom stereocenters. The van der Waals surface area contributed by atoms with Gasteiger partial charge in [0, 0.05) is 30.6 Å². The molecule has 0 unspecified atom stereocenters. The Labute approximate surface area is 177 Å². The lowest BCUT2D eigenvalue weighted by molar-refractivity contribution is 0.0761. The molecule has 150 valence electrons. The lowest BCUT2D eigenvalue weighted by Gasteiger charge is -2.22. The summed E-state index contributed by atoms with van der Waals surface area (Å²) in [7, 11) is 0. The Bertz CT molecular complexity index is 976. The first-order valence-electron chi connectivity index (χ1n) is 10.3. The molecule has 4 rings (SSSR count). The quantitative estimate of drug-likeness (QED) is 0.577. The third-order valence-electron chi connectivity index (χ3n) is 5.56. The second-order valence-electron chi connectivity index (χ2n) is 7.62. The van der Waals surface area contributed by atoms with Crippen molar-refractivity contribution in [1.82, 2.24) is 14.8 Å². The van der Waals surface area contributed by atoms with Gasteiger partial charge < -0.3 is 9.80 Å². The zero-order valence-corrected chi connectivity index (χ0v) is 17.3. The van der Waals surface area contributed by atoms with E-state index in [2.05, 4.69) is 40.2 Å². The monoisotopic (exact) mass is 407 g/mol. The first kappa shape index (κ1) is 19.9. The molecule has 0 N–H and O–H groups in total. The summed E-state index contributed by atoms with van der Waals surface area (Å²) in [5.41, 5.74) is 2.93. The fourth-order valence-electron chi connectivity index (χ4n) is 3.97. The maximum absolute atomic E-state index is 13.0. The van der Waals surface area contributed by atoms with E-state index in [4.69, 9.17) is 11.6 Å². The van der Waals surface area contributed by atoms with Crippen molar-refractivity contribution in [2.75, 3.05) is 32.7 Å². The zero-order chi connectivity index (χ0) is 20.1. The van der Waals surface area contributed by atoms with Crippen LogP contribution in [0.5, 0.6) is 0 Å². The standard InChI is InChI=1S/C24H26ClN3O/c25-23-12-10-20-18-21(9-11-22(20)26-23)24(29)28-15-5-14-27(16-17-28)13-4-8-19-6-2-1-3-7-19/h1-3,6-7,9-12,18H,4-5,8,13-17H2. The number of hydrogen-bond donors (Lipinski definition) is 0. The smallest absolute Gasteiger partial charge is 0.253 e. The van der Waals surface area contributed by atoms with Crippen molar-refractivity contribution < 1.29 is 4.79 Å². The molecule has 1 fully saturated rings. The maximum Gasteiger partial charge on any atom is 0.253 e. The van der Waals surface area contributed by atoms with Gasteiger partial charge in [0.05, 0.1) is 5.52 Å². The van der Waals surface area contributed by atoms with Crippen LogP contribution in [0.25, 0.3) is 10.9 Å². The molecule has 4 nitrogen and oxygen atoms in total. The minimum Gasteiger partial charge on any atom is -0.337 e. The van der Waals surface area contributed by atoms with Crippen LogP contribution in [0.2, 0.25) is 5.15 Å². The lowest BCUT2D eigenvalue weighted by Crippen LogP contribution is -2.35. The van der Waals surface area contributed by atoms with Crippen LogP contribution in [0.4, 0.5) is 0 Å². The third-order valence-corrected chi connectivity index (χ3v) is 5.77. The number of aryl methyl sites for hydroxylation is 1. The number of fused-ring (bicyclic) bond motifs is 1. The fourth-order valence-corrected chi connectivity index (χ4v) is 4.12. The molecule has 0 saturated carbocycles. The number of carbonyl (C=O) groups excluding carboxylic acids is 1. The summed E-state index contributed by atoms with van der Waals surface area (Å²) < 4.78 is 0. The van der Waals surface area contributed by atoms with E-state index in [9.17, 15) is 4.79 Å². The fraction of sp³-hybridized carbons (Fsp3) is 0.333. The predicted molar refractivity (Wildman–Crippen MR) is 118 cm³/mol. The second-order valence-corrected chi connectivity index (χ2v) is 8.01. The Morgan fingerprint density at radius 2 is 1.83 bits per heavy atom. The summed E-state index contributed by atoms with van der Waals surface area (Å²) in [6.07, 6.45) is 3.27. The van der Waals surface area contributed by atoms with Gasteiger partial charge in [0.1, 0.15) is 5.15 Å². The largest absolute Gasteiger partial charge is 0.337 e. The zero-order valence-electron chi connectivity index (χ0n) is 16.6. The van der Waals surface area contributed by atoms with Crippen LogP contribution in [0.1, 0.15) is 28.8 Å². The van der Waals surface area contributed by atoms with Gasteiger partial charge in [-0.3, -0.25) is 4.79 Å². The van der Waals surface area contributed by atoms with Crippen molar-refractivity contribution in [3.8, 4) is 0 Å². The molecular formula is C24H26ClN3O. The minimum atomic E-state index is 0.105. The van der Waals surface area contributed by atoms with Gasteiger partial charge in [0.15, 0.2) is 0 Å². The van der Waals surface area contributed by atoms with Gasteiger partial charge in [-0.05, 0) is 68.2 Å². The molecule has 2 heterocycles. The molecule has 2 aromatic carbocycles. The van der Waals surface area contributed by atoms with Crippen LogP contribution < -0.4 is 0 Å². The normalized spacial score (nSPS) is 15.4. The maximum atomic E-state index is 13.0. The SMILES string of the molecule is O=C(c1ccc2nc(Cl)ccc2c1)N1CCCN(CCCc2ccccc2)CC1. The Kier molecular flexibility index (Phi) is 6.43. The Hall–Kier alpha value is -2.43. The van der Waals surface area contributed by atoms with E-state index in [0.29, 0.717) is 5.15 Å². The third kappa shape index (κ3) is 5.14. The van der Waals surface area contributed by atoms with E-state index in [1.54, 1.807) is 6.07 Å². The number of nitrogens with zero attached hydrogens (tertiary/aromatic N) is 3. The molecule has 1 amide bonds. The number of halogens is 1. The van der Waals surface area contributed by atoms with Crippen LogP contribution in [0.15, 0.2) is 60.7 Å². The highest BCUT2D eigenvalue weighted by molar-refractivity contribution is 6.29. The van der Waals surface area contributed by atoms with E-state index in [-0.39, 0.29) is 5.91 Å². The highest BCUT2D eigenvalue weighted by Crippen LogP contribution is 2.19. The molecule has 0 aliphatic carbocycles. The summed E-state index contributed by atoms with van der Waals surface area (Å²) in [5.74, 6) is 0.105. The summed E-state index contributed by atoms with van der Waals surface area (Å²) in [6.45, 7) is 4.66. The predicted octanol–water partition coefficient (Wildman–Crippen LogP) is 4.67. The Morgan fingerprint density at radius 3 is 2.69 bits per heavy atom. The highest BCUT2D eigenvalue weighted by atomic mass is 35.5. The van der Waals surface area contributed by atoms with Crippen LogP contribution in [0, 0.1) is 0 Å². The van der Waals surface area contributed by atoms with Crippen molar-refractivity contribution in [2.45, 2.75) is 19.3 Å². The number of carbonyl (C=O) groups is 1. The Morgan fingerprint density at radius 1 is 0.966 bits per heavy atom. The molecule has 29 heavy (non-hydrogen) atoms. The summed E-state index contributed by atoms with van der Waals surface area (Å²) >= 11 is 5.95. The van der Waals surface area contributed by atoms with Crippen LogP contribution in [-0.2, 0) is 6.42 Å². The van der Waals surface area contributed by atoms with E-state index in [1.165, 1.54) is 5.56 Å². The molecule has 1 saturated heterocycles. The molecule has 0 bridgehead atoms. The van der Waals surface area contributed by atoms with Crippen molar-refractivity contribution in [3.05, 3.63) is 76.9 Å². The average Bonchev–Trinajstić information content (AvgIpc) is 2.99. The van der Waals surface area contributed by atoms with Gasteiger partial charge in [-0.2, -0.15) is 0 Å². The van der Waals surface area contributed by atoms with Crippen molar-refractivity contribution >= 4 is 28.4 Å². The van der Waals surface area contributed by atoms with E-state index in [1.807, 2.05) is 29.2 Å². The van der Waals surface area contributed by atoms with Crippen LogP contribution >= 0.6 is 11.6 Å². The lowest BCUT2D eigenvalue weighted by atomic mass is 10.1. The van der Waals surface area contributed by atoms with Crippen LogP contribution in [0.3, 0.4) is 0 Å². The number of amides is 1. The summed E-state index contributed by atoms with van der Waals surface area (Å²) in [4.78, 5) is 21.8. The van der Waals surface area contributed by atoms with Gasteiger partial charge in [-0.15, -0.1) is 0 Å². The summed E-state index contributed by atoms with van der Waals surface area (Å²) in [5, 5.41) is 1.41. The van der Waals surface area contributed by atoms with Gasteiger partial charge in [0.2, 0.25) is 0 Å². The summed E-state index contributed by atoms with van der Waals surface area (Å²) in [6, 6.07) is 20.0. The minimum absolute atomic E-state index is 0.105. The van der Waals surface area contributed by atoms with E-state index < -0.39 is 0 Å². The number of rotatable bonds is 5. The molecule has 1 aliphatic heterocycles. The average molecular weight is 408 g/mol. The van der Waals surface area contributed by atoms with Gasteiger partial charge in [-0.25, -0.2) is 4.98 Å². The van der Waals surface area contributed by atoms with E-state index in [0.717, 1.165) is 68.5 Å². The molecule has 1 aliphatic rings. The molecule has 5 heteroatoms. The molecule has 3 aromatic rings. The molecule has 0 radical (unpaired) electrons. The van der Waals surface area contributed by atoms with Crippen molar-refractivity contribution in [1.29, 1.82) is 0 Å². The Balaban J connectivity index is 1.33. The first-order chi connectivity index (χ1) is 14.2. The van der Waals surface area contributed by atoms with Gasteiger partial charge in [0.25, 0.3) is 5.91 Å². The first-order valence-corrected chi connectivity index (χ1v) is 10.7. The number of aromatic nitrogens is 1. The topological polar surface area (TPSA) is 36.4 Å². The number of pyridine rings is 1. The molecular weight excluding hydrogens is 382 g/mol. The van der Waals surface area contributed by atoms with Crippen LogP contribution in [-0.4, -0.2) is 53.4 Å². The van der Waals surface area contributed by atoms with Crippen molar-refractivity contribution in [2.24, 2.45) is 0 Å². The van der Waals surface area contributed by atoms with Gasteiger partial charge >= 0.3 is 0 Å². The number of hydrogen-bond acceptors (Lipinski definition) is 3. The van der Waals surface area contributed by atoms with Gasteiger partial charge in [-0.1, -0.05) is 41.9 Å².